The molecule has 0 unspecified atom stereocenters. The lowest BCUT2D eigenvalue weighted by molar-refractivity contribution is -0.135. The second-order valence-corrected chi connectivity index (χ2v) is 11.2. The van der Waals surface area contributed by atoms with Gasteiger partial charge in [-0.05, 0) is 77.6 Å². The number of nitrogens with zero attached hydrogens (tertiary/aromatic N) is 3. The average molecular weight is 596 g/mol. The highest BCUT2D eigenvalue weighted by Gasteiger charge is 2.38. The molecule has 6 nitrogen and oxygen atoms in total. The summed E-state index contributed by atoms with van der Waals surface area (Å²) in [5, 5.41) is 22.1. The Bertz CT molecular complexity index is 1630. The van der Waals surface area contributed by atoms with E-state index in [1.807, 2.05) is 54.6 Å². The molecule has 1 saturated heterocycles. The average Bonchev–Trinajstić information content (AvgIpc) is 3.01. The Labute approximate surface area is 255 Å². The maximum atomic E-state index is 12.9. The predicted molar refractivity (Wildman–Crippen MR) is 165 cm³/mol. The number of ether oxygens (including phenoxy) is 1. The van der Waals surface area contributed by atoms with E-state index < -0.39 is 5.60 Å². The van der Waals surface area contributed by atoms with Gasteiger partial charge in [-0.1, -0.05) is 71.7 Å². The molecule has 4 aromatic rings. The summed E-state index contributed by atoms with van der Waals surface area (Å²) in [5.74, 6) is -0.294. The zero-order chi connectivity index (χ0) is 29.5. The summed E-state index contributed by atoms with van der Waals surface area (Å²) in [4.78, 5) is 15.3. The highest BCUT2D eigenvalue weighted by Crippen LogP contribution is 2.38. The van der Waals surface area contributed by atoms with E-state index in [1.54, 1.807) is 24.3 Å². The molecule has 0 atom stereocenters. The van der Waals surface area contributed by atoms with E-state index in [1.165, 1.54) is 0 Å². The minimum absolute atomic E-state index is 0.133. The van der Waals surface area contributed by atoms with Gasteiger partial charge in [-0.3, -0.25) is 9.69 Å². The van der Waals surface area contributed by atoms with Gasteiger partial charge in [0.1, 0.15) is 6.61 Å². The van der Waals surface area contributed by atoms with Crippen LogP contribution in [0.3, 0.4) is 0 Å². The Morgan fingerprint density at radius 1 is 0.833 bits per heavy atom. The molecule has 0 spiro atoms. The normalized spacial score (nSPS) is 14.5. The van der Waals surface area contributed by atoms with E-state index >= 15 is 0 Å². The fraction of sp³-hybridized carbons (Fsp3) is 0.206. The summed E-state index contributed by atoms with van der Waals surface area (Å²) >= 11 is 12.2. The lowest BCUT2D eigenvalue weighted by Crippen LogP contribution is -2.45. The molecule has 1 aliphatic rings. The SMILES string of the molecule is N#Cc1ccc(CN2CCC(OCC(=O)Nc3cc(Cl)cc(Cl)c3)(c3ccc(-c4cccc(C#N)c4)cc3)CC2)cc1. The molecule has 0 aromatic heterocycles. The first-order valence-corrected chi connectivity index (χ1v) is 14.3. The van der Waals surface area contributed by atoms with Gasteiger partial charge in [0.25, 0.3) is 0 Å². The molecule has 42 heavy (non-hydrogen) atoms. The fourth-order valence-corrected chi connectivity index (χ4v) is 5.82. The van der Waals surface area contributed by atoms with Crippen molar-refractivity contribution >= 4 is 34.8 Å². The molecule has 1 heterocycles. The van der Waals surface area contributed by atoms with Crippen molar-refractivity contribution in [1.82, 2.24) is 4.90 Å². The summed E-state index contributed by atoms with van der Waals surface area (Å²) in [6.07, 6.45) is 1.39. The second-order valence-electron chi connectivity index (χ2n) is 10.3. The Hall–Kier alpha value is -4.17. The van der Waals surface area contributed by atoms with E-state index in [4.69, 9.17) is 33.2 Å². The number of halogens is 2. The van der Waals surface area contributed by atoms with Gasteiger partial charge in [-0.2, -0.15) is 10.5 Å². The summed E-state index contributed by atoms with van der Waals surface area (Å²) < 4.78 is 6.48. The molecule has 5 rings (SSSR count). The molecule has 0 saturated carbocycles. The van der Waals surface area contributed by atoms with E-state index in [9.17, 15) is 10.1 Å². The molecule has 0 radical (unpaired) electrons. The van der Waals surface area contributed by atoms with Crippen LogP contribution in [0.25, 0.3) is 11.1 Å². The summed E-state index contributed by atoms with van der Waals surface area (Å²) in [6, 6.07) is 32.6. The first kappa shape index (κ1) is 29.3. The van der Waals surface area contributed by atoms with Crippen molar-refractivity contribution in [2.45, 2.75) is 25.0 Å². The van der Waals surface area contributed by atoms with Gasteiger partial charge in [0, 0.05) is 35.4 Å². The highest BCUT2D eigenvalue weighted by atomic mass is 35.5. The third-order valence-electron chi connectivity index (χ3n) is 7.51. The summed E-state index contributed by atoms with van der Waals surface area (Å²) in [7, 11) is 0. The molecular formula is C34H28Cl2N4O2. The van der Waals surface area contributed by atoms with Gasteiger partial charge in [-0.15, -0.1) is 0 Å². The smallest absolute Gasteiger partial charge is 0.250 e. The zero-order valence-corrected chi connectivity index (χ0v) is 24.3. The maximum Gasteiger partial charge on any atom is 0.250 e. The monoisotopic (exact) mass is 594 g/mol. The number of carbonyl (C=O) groups is 1. The van der Waals surface area contributed by atoms with Crippen molar-refractivity contribution < 1.29 is 9.53 Å². The third-order valence-corrected chi connectivity index (χ3v) is 7.95. The van der Waals surface area contributed by atoms with Crippen LogP contribution in [-0.4, -0.2) is 30.5 Å². The van der Waals surface area contributed by atoms with Crippen LogP contribution in [0.1, 0.15) is 35.1 Å². The number of rotatable bonds is 8. The number of nitrogens with one attached hydrogen (secondary N) is 1. The van der Waals surface area contributed by atoms with Crippen LogP contribution in [0.4, 0.5) is 5.69 Å². The molecule has 1 N–H and O–H groups in total. The lowest BCUT2D eigenvalue weighted by atomic mass is 9.83. The van der Waals surface area contributed by atoms with E-state index in [0.717, 1.165) is 41.9 Å². The minimum atomic E-state index is -0.655. The number of nitriles is 2. The van der Waals surface area contributed by atoms with Crippen LogP contribution in [0.5, 0.6) is 0 Å². The fourth-order valence-electron chi connectivity index (χ4n) is 5.29. The van der Waals surface area contributed by atoms with Gasteiger partial charge in [0.05, 0.1) is 28.9 Å². The van der Waals surface area contributed by atoms with Crippen molar-refractivity contribution in [3.63, 3.8) is 0 Å². The van der Waals surface area contributed by atoms with Crippen LogP contribution in [0.15, 0.2) is 91.0 Å². The van der Waals surface area contributed by atoms with Crippen LogP contribution in [-0.2, 0) is 21.7 Å². The third kappa shape index (κ3) is 7.18. The first-order chi connectivity index (χ1) is 20.4. The van der Waals surface area contributed by atoms with Crippen LogP contribution in [0, 0.1) is 22.7 Å². The minimum Gasteiger partial charge on any atom is -0.360 e. The predicted octanol–water partition coefficient (Wildman–Crippen LogP) is 7.55. The number of anilines is 1. The maximum absolute atomic E-state index is 12.9. The molecule has 0 bridgehead atoms. The first-order valence-electron chi connectivity index (χ1n) is 13.6. The van der Waals surface area contributed by atoms with Gasteiger partial charge < -0.3 is 10.1 Å². The molecule has 1 aliphatic heterocycles. The van der Waals surface area contributed by atoms with E-state index in [-0.39, 0.29) is 12.5 Å². The number of likely N-dealkylation sites (tertiary alicyclic amines) is 1. The van der Waals surface area contributed by atoms with Gasteiger partial charge in [-0.25, -0.2) is 0 Å². The quantitative estimate of drug-likeness (QED) is 0.227. The number of piperidine rings is 1. The highest BCUT2D eigenvalue weighted by molar-refractivity contribution is 6.35. The number of carbonyl (C=O) groups excluding carboxylic acids is 1. The van der Waals surface area contributed by atoms with Gasteiger partial charge in [0.2, 0.25) is 5.91 Å². The molecule has 8 heteroatoms. The van der Waals surface area contributed by atoms with Crippen LogP contribution in [0.2, 0.25) is 10.0 Å². The molecule has 0 aliphatic carbocycles. The van der Waals surface area contributed by atoms with E-state index in [0.29, 0.717) is 39.7 Å². The van der Waals surface area contributed by atoms with Crippen molar-refractivity contribution in [1.29, 1.82) is 10.5 Å². The molecule has 210 valence electrons. The van der Waals surface area contributed by atoms with Gasteiger partial charge >= 0.3 is 0 Å². The summed E-state index contributed by atoms with van der Waals surface area (Å²) in [6.45, 7) is 2.19. The van der Waals surface area contributed by atoms with Crippen molar-refractivity contribution in [2.75, 3.05) is 25.0 Å². The Morgan fingerprint density at radius 3 is 2.14 bits per heavy atom. The van der Waals surface area contributed by atoms with Crippen molar-refractivity contribution in [3.8, 4) is 23.3 Å². The van der Waals surface area contributed by atoms with Crippen LogP contribution >= 0.6 is 23.2 Å². The summed E-state index contributed by atoms with van der Waals surface area (Å²) in [5.41, 5.74) is 5.22. The van der Waals surface area contributed by atoms with Crippen molar-refractivity contribution in [2.24, 2.45) is 0 Å². The second kappa shape index (κ2) is 13.2. The Kier molecular flexibility index (Phi) is 9.22. The standard InChI is InChI=1S/C34H28Cl2N4O2/c35-30-17-31(36)19-32(18-30)39-33(41)23-42-34(12-14-40(15-13-34)22-25-6-4-24(20-37)5-7-25)29-10-8-27(9-11-29)28-3-1-2-26(16-28)21-38/h1-11,16-19H,12-15,22-23H2,(H,39,41). The van der Waals surface area contributed by atoms with Crippen LogP contribution < -0.4 is 5.32 Å². The number of amides is 1. The zero-order valence-electron chi connectivity index (χ0n) is 22.8. The molecule has 4 aromatic carbocycles. The molecular weight excluding hydrogens is 567 g/mol. The number of hydrogen-bond donors (Lipinski definition) is 1. The van der Waals surface area contributed by atoms with E-state index in [2.05, 4.69) is 34.5 Å². The largest absolute Gasteiger partial charge is 0.360 e. The lowest BCUT2D eigenvalue weighted by Gasteiger charge is -2.42. The van der Waals surface area contributed by atoms with Gasteiger partial charge in [0.15, 0.2) is 0 Å². The number of benzene rings is 4. The number of hydrogen-bond acceptors (Lipinski definition) is 5. The Balaban J connectivity index is 1.33. The Morgan fingerprint density at radius 2 is 1.50 bits per heavy atom. The molecule has 1 amide bonds. The van der Waals surface area contributed by atoms with Crippen molar-refractivity contribution in [3.05, 3.63) is 123 Å². The topological polar surface area (TPSA) is 89.2 Å². The molecule has 1 fully saturated rings.